The van der Waals surface area contributed by atoms with E-state index in [1.807, 2.05) is 37.3 Å². The molecule has 6 heteroatoms. The number of hydrogen-bond acceptors (Lipinski definition) is 2. The van der Waals surface area contributed by atoms with Gasteiger partial charge in [0.25, 0.3) is 0 Å². The highest BCUT2D eigenvalue weighted by Crippen LogP contribution is 2.47. The molecule has 0 heterocycles. The van der Waals surface area contributed by atoms with Crippen molar-refractivity contribution in [3.05, 3.63) is 64.1 Å². The van der Waals surface area contributed by atoms with E-state index in [1.54, 1.807) is 18.2 Å². The SMILES string of the molecule is CC(NC(=O)C1(C(=O)Nc2cc(Cl)cc(Cl)c2)CC1)c1ccccc1. The number of rotatable bonds is 5. The van der Waals surface area contributed by atoms with Crippen LogP contribution in [0.1, 0.15) is 31.4 Å². The van der Waals surface area contributed by atoms with E-state index in [4.69, 9.17) is 23.2 Å². The molecule has 25 heavy (non-hydrogen) atoms. The predicted octanol–water partition coefficient (Wildman–Crippen LogP) is 4.59. The molecule has 130 valence electrons. The van der Waals surface area contributed by atoms with Crippen LogP contribution in [0.3, 0.4) is 0 Å². The third kappa shape index (κ3) is 3.97. The second-order valence-corrected chi connectivity index (χ2v) is 7.17. The Kier molecular flexibility index (Phi) is 5.02. The molecule has 0 aliphatic heterocycles. The summed E-state index contributed by atoms with van der Waals surface area (Å²) >= 11 is 11.9. The molecule has 1 aliphatic carbocycles. The van der Waals surface area contributed by atoms with Gasteiger partial charge in [-0.05, 0) is 43.5 Å². The van der Waals surface area contributed by atoms with Crippen molar-refractivity contribution in [3.63, 3.8) is 0 Å². The van der Waals surface area contributed by atoms with Gasteiger partial charge in [0.15, 0.2) is 0 Å². The number of benzene rings is 2. The fourth-order valence-electron chi connectivity index (χ4n) is 2.72. The quantitative estimate of drug-likeness (QED) is 0.749. The molecule has 1 atom stereocenters. The summed E-state index contributed by atoms with van der Waals surface area (Å²) in [5.41, 5.74) is 0.462. The molecule has 1 saturated carbocycles. The Morgan fingerprint density at radius 2 is 1.60 bits per heavy atom. The first-order chi connectivity index (χ1) is 11.9. The smallest absolute Gasteiger partial charge is 0.240 e. The Morgan fingerprint density at radius 1 is 1.00 bits per heavy atom. The molecule has 2 amide bonds. The molecule has 0 radical (unpaired) electrons. The van der Waals surface area contributed by atoms with Crippen LogP contribution in [0.25, 0.3) is 0 Å². The maximum absolute atomic E-state index is 12.7. The molecule has 1 aliphatic rings. The summed E-state index contributed by atoms with van der Waals surface area (Å²) in [5.74, 6) is -0.585. The van der Waals surface area contributed by atoms with E-state index < -0.39 is 5.41 Å². The fraction of sp³-hybridized carbons (Fsp3) is 0.263. The van der Waals surface area contributed by atoms with Crippen molar-refractivity contribution >= 4 is 40.7 Å². The minimum Gasteiger partial charge on any atom is -0.349 e. The molecule has 2 aromatic rings. The summed E-state index contributed by atoms with van der Waals surface area (Å²) in [4.78, 5) is 25.3. The van der Waals surface area contributed by atoms with Gasteiger partial charge in [0, 0.05) is 15.7 Å². The van der Waals surface area contributed by atoms with E-state index in [0.717, 1.165) is 5.56 Å². The molecule has 0 aromatic heterocycles. The topological polar surface area (TPSA) is 58.2 Å². The lowest BCUT2D eigenvalue weighted by Gasteiger charge is -2.20. The average Bonchev–Trinajstić information content (AvgIpc) is 3.36. The van der Waals surface area contributed by atoms with Gasteiger partial charge in [0.05, 0.1) is 6.04 Å². The van der Waals surface area contributed by atoms with Gasteiger partial charge in [0.1, 0.15) is 5.41 Å². The zero-order valence-electron chi connectivity index (χ0n) is 13.7. The number of halogens is 2. The maximum Gasteiger partial charge on any atom is 0.240 e. The summed E-state index contributed by atoms with van der Waals surface area (Å²) in [6, 6.07) is 14.3. The van der Waals surface area contributed by atoms with E-state index >= 15 is 0 Å². The third-order valence-corrected chi connectivity index (χ3v) is 4.82. The van der Waals surface area contributed by atoms with Crippen molar-refractivity contribution in [1.29, 1.82) is 0 Å². The second-order valence-electron chi connectivity index (χ2n) is 6.30. The normalized spacial score (nSPS) is 16.0. The first kappa shape index (κ1) is 17.8. The van der Waals surface area contributed by atoms with Crippen LogP contribution in [0, 0.1) is 5.41 Å². The molecule has 2 aromatic carbocycles. The molecule has 1 unspecified atom stereocenters. The number of carbonyl (C=O) groups excluding carboxylic acids is 2. The average molecular weight is 377 g/mol. The van der Waals surface area contributed by atoms with Gasteiger partial charge in [-0.1, -0.05) is 53.5 Å². The molecule has 3 rings (SSSR count). The molecular weight excluding hydrogens is 359 g/mol. The van der Waals surface area contributed by atoms with Crippen molar-refractivity contribution < 1.29 is 9.59 Å². The number of nitrogens with one attached hydrogen (secondary N) is 2. The first-order valence-corrected chi connectivity index (χ1v) is 8.80. The fourth-order valence-corrected chi connectivity index (χ4v) is 3.24. The van der Waals surface area contributed by atoms with Crippen LogP contribution in [0.15, 0.2) is 48.5 Å². The van der Waals surface area contributed by atoms with E-state index in [1.165, 1.54) is 0 Å². The number of anilines is 1. The van der Waals surface area contributed by atoms with Crippen LogP contribution < -0.4 is 10.6 Å². The van der Waals surface area contributed by atoms with Crippen molar-refractivity contribution in [3.8, 4) is 0 Å². The second kappa shape index (κ2) is 7.06. The lowest BCUT2D eigenvalue weighted by molar-refractivity contribution is -0.134. The summed E-state index contributed by atoms with van der Waals surface area (Å²) < 4.78 is 0. The van der Waals surface area contributed by atoms with Gasteiger partial charge in [-0.15, -0.1) is 0 Å². The summed E-state index contributed by atoms with van der Waals surface area (Å²) in [6.07, 6.45) is 1.06. The molecule has 0 spiro atoms. The van der Waals surface area contributed by atoms with Gasteiger partial charge in [0.2, 0.25) is 11.8 Å². The number of carbonyl (C=O) groups is 2. The highest BCUT2D eigenvalue weighted by Gasteiger charge is 2.56. The van der Waals surface area contributed by atoms with E-state index in [9.17, 15) is 9.59 Å². The third-order valence-electron chi connectivity index (χ3n) is 4.39. The van der Waals surface area contributed by atoms with Crippen LogP contribution in [-0.2, 0) is 9.59 Å². The van der Waals surface area contributed by atoms with Gasteiger partial charge in [-0.2, -0.15) is 0 Å². The Bertz CT molecular complexity index is 784. The minimum absolute atomic E-state index is 0.167. The first-order valence-electron chi connectivity index (χ1n) is 8.04. The van der Waals surface area contributed by atoms with Crippen molar-refractivity contribution in [1.82, 2.24) is 5.32 Å². The molecule has 4 nitrogen and oxygen atoms in total. The highest BCUT2D eigenvalue weighted by molar-refractivity contribution is 6.35. The largest absolute Gasteiger partial charge is 0.349 e. The number of hydrogen-bond donors (Lipinski definition) is 2. The summed E-state index contributed by atoms with van der Waals surface area (Å²) in [7, 11) is 0. The summed E-state index contributed by atoms with van der Waals surface area (Å²) in [6.45, 7) is 1.90. The van der Waals surface area contributed by atoms with Gasteiger partial charge >= 0.3 is 0 Å². The molecular formula is C19H18Cl2N2O2. The lowest BCUT2D eigenvalue weighted by atomic mass is 10.0. The zero-order chi connectivity index (χ0) is 18.0. The number of amides is 2. The monoisotopic (exact) mass is 376 g/mol. The van der Waals surface area contributed by atoms with Crippen molar-refractivity contribution in [2.24, 2.45) is 5.41 Å². The van der Waals surface area contributed by atoms with E-state index in [0.29, 0.717) is 28.6 Å². The Morgan fingerprint density at radius 3 is 2.16 bits per heavy atom. The van der Waals surface area contributed by atoms with Crippen LogP contribution in [0.5, 0.6) is 0 Å². The van der Waals surface area contributed by atoms with Gasteiger partial charge < -0.3 is 10.6 Å². The van der Waals surface area contributed by atoms with Gasteiger partial charge in [-0.3, -0.25) is 9.59 Å². The molecule has 0 bridgehead atoms. The van der Waals surface area contributed by atoms with Crippen LogP contribution in [0.4, 0.5) is 5.69 Å². The molecule has 1 fully saturated rings. The summed E-state index contributed by atoms with van der Waals surface area (Å²) in [5, 5.41) is 6.54. The van der Waals surface area contributed by atoms with Crippen molar-refractivity contribution in [2.45, 2.75) is 25.8 Å². The van der Waals surface area contributed by atoms with Crippen molar-refractivity contribution in [2.75, 3.05) is 5.32 Å². The zero-order valence-corrected chi connectivity index (χ0v) is 15.2. The van der Waals surface area contributed by atoms with Crippen LogP contribution in [-0.4, -0.2) is 11.8 Å². The minimum atomic E-state index is -1.02. The highest BCUT2D eigenvalue weighted by atomic mass is 35.5. The van der Waals surface area contributed by atoms with Crippen LogP contribution in [0.2, 0.25) is 10.0 Å². The predicted molar refractivity (Wildman–Crippen MR) is 99.8 cm³/mol. The molecule has 0 saturated heterocycles. The van der Waals surface area contributed by atoms with E-state index in [-0.39, 0.29) is 17.9 Å². The Hall–Kier alpha value is -2.04. The molecule has 2 N–H and O–H groups in total. The lowest BCUT2D eigenvalue weighted by Crippen LogP contribution is -2.41. The van der Waals surface area contributed by atoms with E-state index in [2.05, 4.69) is 10.6 Å². The maximum atomic E-state index is 12.7. The standard InChI is InChI=1S/C19H18Cl2N2O2/c1-12(13-5-3-2-4-6-13)22-17(24)19(7-8-19)18(25)23-16-10-14(20)9-15(21)11-16/h2-6,9-12H,7-8H2,1H3,(H,22,24)(H,23,25). The Balaban J connectivity index is 1.68. The van der Waals surface area contributed by atoms with Crippen LogP contribution >= 0.6 is 23.2 Å². The Labute approximate surface area is 156 Å². The van der Waals surface area contributed by atoms with Gasteiger partial charge in [-0.25, -0.2) is 0 Å².